The molecule has 21 heavy (non-hydrogen) atoms. The fourth-order valence-corrected chi connectivity index (χ4v) is 2.46. The van der Waals surface area contributed by atoms with Crippen LogP contribution in [0.1, 0.15) is 30.9 Å². The molecule has 3 N–H and O–H groups in total. The van der Waals surface area contributed by atoms with Gasteiger partial charge >= 0.3 is 0 Å². The maximum Gasteiger partial charge on any atom is 0.0695 e. The van der Waals surface area contributed by atoms with E-state index in [2.05, 4.69) is 53.6 Å². The summed E-state index contributed by atoms with van der Waals surface area (Å²) < 4.78 is 0. The van der Waals surface area contributed by atoms with Gasteiger partial charge in [-0.3, -0.25) is 5.10 Å². The first kappa shape index (κ1) is 15.7. The van der Waals surface area contributed by atoms with Crippen molar-refractivity contribution in [1.29, 1.82) is 0 Å². The first-order valence-corrected chi connectivity index (χ1v) is 7.65. The van der Waals surface area contributed by atoms with E-state index in [9.17, 15) is 0 Å². The lowest BCUT2D eigenvalue weighted by atomic mass is 10.0. The third-order valence-electron chi connectivity index (χ3n) is 3.92. The summed E-state index contributed by atoms with van der Waals surface area (Å²) in [7, 11) is 0. The molecule has 4 heteroatoms. The maximum absolute atomic E-state index is 9.02. The summed E-state index contributed by atoms with van der Waals surface area (Å²) in [4.78, 5) is 0. The topological polar surface area (TPSA) is 60.9 Å². The van der Waals surface area contributed by atoms with Crippen LogP contribution in [0.5, 0.6) is 0 Å². The average Bonchev–Trinajstić information content (AvgIpc) is 2.95. The largest absolute Gasteiger partial charge is 0.396 e. The number of hydrogen-bond donors (Lipinski definition) is 3. The zero-order chi connectivity index (χ0) is 15.1. The molecule has 0 saturated heterocycles. The molecule has 0 amide bonds. The second-order valence-electron chi connectivity index (χ2n) is 5.55. The Morgan fingerprint density at radius 1 is 1.29 bits per heavy atom. The molecule has 0 radical (unpaired) electrons. The third kappa shape index (κ3) is 4.41. The minimum atomic E-state index is 0.264. The van der Waals surface area contributed by atoms with Crippen molar-refractivity contribution < 1.29 is 5.11 Å². The number of aliphatic hydroxyl groups is 1. The van der Waals surface area contributed by atoms with Gasteiger partial charge in [-0.05, 0) is 31.4 Å². The molecule has 0 aliphatic carbocycles. The van der Waals surface area contributed by atoms with Crippen molar-refractivity contribution in [2.45, 2.75) is 33.2 Å². The van der Waals surface area contributed by atoms with Gasteiger partial charge in [0.05, 0.1) is 11.9 Å². The lowest BCUT2D eigenvalue weighted by Crippen LogP contribution is -2.23. The molecule has 2 aromatic rings. The second-order valence-corrected chi connectivity index (χ2v) is 5.55. The molecule has 0 aliphatic rings. The molecule has 1 aromatic heterocycles. The molecule has 0 bridgehead atoms. The van der Waals surface area contributed by atoms with Crippen LogP contribution in [0.2, 0.25) is 0 Å². The molecule has 4 nitrogen and oxygen atoms in total. The molecule has 114 valence electrons. The van der Waals surface area contributed by atoms with Crippen molar-refractivity contribution in [1.82, 2.24) is 15.5 Å². The van der Waals surface area contributed by atoms with Crippen molar-refractivity contribution >= 4 is 0 Å². The number of nitrogens with zero attached hydrogens (tertiary/aromatic N) is 1. The molecule has 0 aliphatic heterocycles. The minimum Gasteiger partial charge on any atom is -0.396 e. The van der Waals surface area contributed by atoms with Crippen LogP contribution in [-0.4, -0.2) is 28.5 Å². The summed E-state index contributed by atoms with van der Waals surface area (Å²) in [6.07, 6.45) is 3.83. The maximum atomic E-state index is 9.02. The Bertz CT molecular complexity index is 533. The lowest BCUT2D eigenvalue weighted by molar-refractivity contribution is 0.251. The number of rotatable bonds is 8. The quantitative estimate of drug-likeness (QED) is 0.699. The molecule has 1 atom stereocenters. The van der Waals surface area contributed by atoms with Crippen LogP contribution in [0.15, 0.2) is 30.5 Å². The summed E-state index contributed by atoms with van der Waals surface area (Å²) in [5, 5.41) is 19.8. The molecule has 0 fully saturated rings. The van der Waals surface area contributed by atoms with Crippen molar-refractivity contribution in [2.24, 2.45) is 5.92 Å². The predicted octanol–water partition coefficient (Wildman–Crippen LogP) is 2.88. The number of hydrogen-bond acceptors (Lipinski definition) is 3. The standard InChI is InChI=1S/C17H25N3O/c1-3-14(8-9-21)10-18-11-16-12-19-20-17(16)15-6-4-13(2)5-7-15/h4-7,12,14,18,21H,3,8-11H2,1-2H3,(H,19,20). The highest BCUT2D eigenvalue weighted by molar-refractivity contribution is 5.62. The van der Waals surface area contributed by atoms with E-state index in [0.717, 1.165) is 37.2 Å². The van der Waals surface area contributed by atoms with Crippen LogP contribution in [0, 0.1) is 12.8 Å². The Hall–Kier alpha value is -1.65. The van der Waals surface area contributed by atoms with E-state index < -0.39 is 0 Å². The Morgan fingerprint density at radius 2 is 2.05 bits per heavy atom. The minimum absolute atomic E-state index is 0.264. The fraction of sp³-hybridized carbons (Fsp3) is 0.471. The summed E-state index contributed by atoms with van der Waals surface area (Å²) in [6.45, 7) is 6.24. The van der Waals surface area contributed by atoms with E-state index >= 15 is 0 Å². The van der Waals surface area contributed by atoms with Crippen LogP contribution >= 0.6 is 0 Å². The predicted molar refractivity (Wildman–Crippen MR) is 86.0 cm³/mol. The van der Waals surface area contributed by atoms with Crippen LogP contribution in [-0.2, 0) is 6.54 Å². The van der Waals surface area contributed by atoms with Gasteiger partial charge in [0.1, 0.15) is 0 Å². The van der Waals surface area contributed by atoms with Gasteiger partial charge in [-0.1, -0.05) is 43.2 Å². The lowest BCUT2D eigenvalue weighted by Gasteiger charge is -2.14. The van der Waals surface area contributed by atoms with E-state index in [1.54, 1.807) is 0 Å². The smallest absolute Gasteiger partial charge is 0.0695 e. The number of benzene rings is 1. The number of aromatic amines is 1. The van der Waals surface area contributed by atoms with E-state index in [0.29, 0.717) is 5.92 Å². The zero-order valence-corrected chi connectivity index (χ0v) is 12.9. The van der Waals surface area contributed by atoms with Gasteiger partial charge in [-0.2, -0.15) is 5.10 Å². The van der Waals surface area contributed by atoms with E-state index in [1.807, 2.05) is 6.20 Å². The first-order valence-electron chi connectivity index (χ1n) is 7.65. The molecule has 1 unspecified atom stereocenters. The summed E-state index contributed by atoms with van der Waals surface area (Å²) in [5.74, 6) is 0.532. The second kappa shape index (κ2) is 7.96. The third-order valence-corrected chi connectivity index (χ3v) is 3.92. The van der Waals surface area contributed by atoms with Gasteiger partial charge in [0.15, 0.2) is 0 Å². The van der Waals surface area contributed by atoms with Crippen LogP contribution in [0.3, 0.4) is 0 Å². The zero-order valence-electron chi connectivity index (χ0n) is 12.9. The molecule has 0 saturated carbocycles. The van der Waals surface area contributed by atoms with Crippen molar-refractivity contribution in [3.8, 4) is 11.3 Å². The Balaban J connectivity index is 1.96. The number of H-pyrrole nitrogens is 1. The molecule has 1 heterocycles. The van der Waals surface area contributed by atoms with Gasteiger partial charge in [-0.15, -0.1) is 0 Å². The van der Waals surface area contributed by atoms with Gasteiger partial charge in [0.2, 0.25) is 0 Å². The highest BCUT2D eigenvalue weighted by Crippen LogP contribution is 2.21. The van der Waals surface area contributed by atoms with Crippen molar-refractivity contribution in [3.63, 3.8) is 0 Å². The number of nitrogens with one attached hydrogen (secondary N) is 2. The normalized spacial score (nSPS) is 12.5. The fourth-order valence-electron chi connectivity index (χ4n) is 2.46. The van der Waals surface area contributed by atoms with E-state index in [-0.39, 0.29) is 6.61 Å². The van der Waals surface area contributed by atoms with Crippen LogP contribution in [0.4, 0.5) is 0 Å². The van der Waals surface area contributed by atoms with E-state index in [1.165, 1.54) is 11.1 Å². The van der Waals surface area contributed by atoms with Gasteiger partial charge in [0, 0.05) is 18.7 Å². The molecular formula is C17H25N3O. The summed E-state index contributed by atoms with van der Waals surface area (Å²) in [6, 6.07) is 8.46. The highest BCUT2D eigenvalue weighted by Gasteiger charge is 2.09. The Morgan fingerprint density at radius 3 is 2.71 bits per heavy atom. The van der Waals surface area contributed by atoms with Gasteiger partial charge in [-0.25, -0.2) is 0 Å². The summed E-state index contributed by atoms with van der Waals surface area (Å²) >= 11 is 0. The molecule has 2 rings (SSSR count). The Kier molecular flexibility index (Phi) is 5.96. The number of aryl methyl sites for hydroxylation is 1. The highest BCUT2D eigenvalue weighted by atomic mass is 16.3. The van der Waals surface area contributed by atoms with Gasteiger partial charge in [0.25, 0.3) is 0 Å². The SMILES string of the molecule is CCC(CCO)CNCc1cn[nH]c1-c1ccc(C)cc1. The average molecular weight is 287 g/mol. The van der Waals surface area contributed by atoms with E-state index in [4.69, 9.17) is 5.11 Å². The van der Waals surface area contributed by atoms with Crippen LogP contribution < -0.4 is 5.32 Å². The van der Waals surface area contributed by atoms with Crippen LogP contribution in [0.25, 0.3) is 11.3 Å². The summed E-state index contributed by atoms with van der Waals surface area (Å²) in [5.41, 5.74) is 4.68. The number of aromatic nitrogens is 2. The number of aliphatic hydroxyl groups excluding tert-OH is 1. The first-order chi connectivity index (χ1) is 10.2. The monoisotopic (exact) mass is 287 g/mol. The van der Waals surface area contributed by atoms with Crippen molar-refractivity contribution in [2.75, 3.05) is 13.2 Å². The van der Waals surface area contributed by atoms with Crippen molar-refractivity contribution in [3.05, 3.63) is 41.6 Å². The Labute approximate surface area is 126 Å². The molecular weight excluding hydrogens is 262 g/mol. The molecule has 1 aromatic carbocycles. The van der Waals surface area contributed by atoms with Gasteiger partial charge < -0.3 is 10.4 Å². The molecule has 0 spiro atoms.